The predicted octanol–water partition coefficient (Wildman–Crippen LogP) is 2.93. The van der Waals surface area contributed by atoms with Crippen molar-refractivity contribution in [1.29, 1.82) is 0 Å². The summed E-state index contributed by atoms with van der Waals surface area (Å²) in [5.74, 6) is -2.77. The molecule has 2 N–H and O–H groups in total. The molecule has 1 saturated heterocycles. The number of aliphatic hydroxyl groups excluding tert-OH is 2. The minimum Gasteiger partial charge on any atom is -0.504 e. The maximum Gasteiger partial charge on any atom is 0.340 e. The van der Waals surface area contributed by atoms with Crippen LogP contribution < -0.4 is 0 Å². The van der Waals surface area contributed by atoms with Gasteiger partial charge in [-0.2, -0.15) is 0 Å². The number of allylic oxidation sites excluding steroid dienone is 1. The summed E-state index contributed by atoms with van der Waals surface area (Å²) in [6.45, 7) is 13.2. The minimum atomic E-state index is -1.24. The van der Waals surface area contributed by atoms with E-state index in [0.29, 0.717) is 43.5 Å². The summed E-state index contributed by atoms with van der Waals surface area (Å²) in [6.07, 6.45) is 3.69. The number of cyclic esters (lactones) is 1. The van der Waals surface area contributed by atoms with Gasteiger partial charge in [-0.1, -0.05) is 19.1 Å². The molecular formula is C29H37NO8. The van der Waals surface area contributed by atoms with E-state index in [2.05, 4.69) is 13.2 Å². The number of hydrogen-bond acceptors (Lipinski definition) is 9. The van der Waals surface area contributed by atoms with Gasteiger partial charge in [0.05, 0.1) is 23.7 Å². The monoisotopic (exact) mass is 527 g/mol. The standard InChI is InChI=1S/C29H37NO8/c1-7-11-30(12-8-2)14-17-23-26(34)25(33)22-18-9-10-20(32)28(18,4)13-19(37-16(3)31)24(22)29(23,5)21(15-36-6)38-27(17)35/h7-8,14,18-21,32,34H,1-2,9-13,15H2,3-6H3/b17-14-. The number of carbonyl (C=O) groups is 3. The molecule has 4 rings (SSSR count). The normalized spacial score (nSPS) is 35.3. The first-order valence-electron chi connectivity index (χ1n) is 12.9. The number of esters is 2. The molecule has 0 aromatic rings. The zero-order valence-electron chi connectivity index (χ0n) is 22.5. The smallest absolute Gasteiger partial charge is 0.340 e. The number of rotatable bonds is 8. The van der Waals surface area contributed by atoms with Crippen LogP contribution in [0.1, 0.15) is 40.0 Å². The van der Waals surface area contributed by atoms with Gasteiger partial charge in [-0.3, -0.25) is 9.59 Å². The van der Waals surface area contributed by atoms with E-state index in [0.717, 1.165) is 0 Å². The molecule has 0 bridgehead atoms. The molecule has 1 aliphatic heterocycles. The lowest BCUT2D eigenvalue weighted by Crippen LogP contribution is -2.57. The Labute approximate surface area is 223 Å². The van der Waals surface area contributed by atoms with Crippen LogP contribution in [0.4, 0.5) is 0 Å². The van der Waals surface area contributed by atoms with Crippen LogP contribution in [0.3, 0.4) is 0 Å². The fourth-order valence-corrected chi connectivity index (χ4v) is 6.97. The summed E-state index contributed by atoms with van der Waals surface area (Å²) in [7, 11) is 1.47. The Balaban J connectivity index is 2.01. The second kappa shape index (κ2) is 10.2. The SMILES string of the molecule is C=CCN(/C=C1\C(=O)OC(COC)C2(C)C1=C(O)C(=O)C1=C2C(OC(C)=O)CC2(C)C(O)CCC12)CC=C. The molecule has 9 nitrogen and oxygen atoms in total. The van der Waals surface area contributed by atoms with Crippen molar-refractivity contribution in [3.05, 3.63) is 59.6 Å². The first-order chi connectivity index (χ1) is 17.9. The van der Waals surface area contributed by atoms with Crippen LogP contribution in [0.25, 0.3) is 0 Å². The third kappa shape index (κ3) is 4.12. The lowest BCUT2D eigenvalue weighted by atomic mass is 9.53. The maximum absolute atomic E-state index is 14.0. The number of nitrogens with zero attached hydrogens (tertiary/aromatic N) is 1. The van der Waals surface area contributed by atoms with Crippen molar-refractivity contribution in [1.82, 2.24) is 4.90 Å². The molecule has 1 heterocycles. The molecule has 0 amide bonds. The summed E-state index contributed by atoms with van der Waals surface area (Å²) in [4.78, 5) is 41.4. The number of Topliss-reactive ketones (excluding diaryl/α,β-unsaturated/α-hetero) is 1. The number of ether oxygens (including phenoxy) is 3. The largest absolute Gasteiger partial charge is 0.504 e. The van der Waals surface area contributed by atoms with Crippen LogP contribution >= 0.6 is 0 Å². The van der Waals surface area contributed by atoms with Gasteiger partial charge < -0.3 is 29.3 Å². The van der Waals surface area contributed by atoms with Crippen molar-refractivity contribution in [2.75, 3.05) is 26.8 Å². The lowest BCUT2D eigenvalue weighted by Gasteiger charge is -2.54. The van der Waals surface area contributed by atoms with E-state index in [9.17, 15) is 24.6 Å². The molecule has 9 heteroatoms. The summed E-state index contributed by atoms with van der Waals surface area (Å²) >= 11 is 0. The van der Waals surface area contributed by atoms with Gasteiger partial charge in [0.15, 0.2) is 5.76 Å². The first-order valence-corrected chi connectivity index (χ1v) is 12.9. The lowest BCUT2D eigenvalue weighted by molar-refractivity contribution is -0.161. The summed E-state index contributed by atoms with van der Waals surface area (Å²) in [5, 5.41) is 22.5. The third-order valence-electron chi connectivity index (χ3n) is 8.69. The van der Waals surface area contributed by atoms with E-state index in [4.69, 9.17) is 14.2 Å². The Morgan fingerprint density at radius 3 is 2.45 bits per heavy atom. The van der Waals surface area contributed by atoms with E-state index in [1.807, 2.05) is 6.92 Å². The molecule has 0 spiro atoms. The van der Waals surface area contributed by atoms with E-state index < -0.39 is 52.6 Å². The number of hydrogen-bond donors (Lipinski definition) is 2. The third-order valence-corrected chi connectivity index (χ3v) is 8.69. The maximum atomic E-state index is 14.0. The van der Waals surface area contributed by atoms with E-state index >= 15 is 0 Å². The molecular weight excluding hydrogens is 490 g/mol. The van der Waals surface area contributed by atoms with Crippen molar-refractivity contribution in [3.63, 3.8) is 0 Å². The van der Waals surface area contributed by atoms with Crippen molar-refractivity contribution < 1.29 is 38.8 Å². The average Bonchev–Trinajstić information content (AvgIpc) is 3.13. The zero-order chi connectivity index (χ0) is 28.0. The summed E-state index contributed by atoms with van der Waals surface area (Å²) < 4.78 is 17.2. The van der Waals surface area contributed by atoms with Gasteiger partial charge >= 0.3 is 11.9 Å². The molecule has 206 valence electrons. The number of methoxy groups -OCH3 is 1. The van der Waals surface area contributed by atoms with Crippen LogP contribution in [0.5, 0.6) is 0 Å². The highest BCUT2D eigenvalue weighted by atomic mass is 16.6. The Kier molecular flexibility index (Phi) is 7.47. The predicted molar refractivity (Wildman–Crippen MR) is 139 cm³/mol. The van der Waals surface area contributed by atoms with Gasteiger partial charge in [0.2, 0.25) is 5.78 Å². The van der Waals surface area contributed by atoms with E-state index in [1.54, 1.807) is 30.2 Å². The molecule has 3 aliphatic carbocycles. The van der Waals surface area contributed by atoms with Crippen LogP contribution in [0, 0.1) is 16.7 Å². The molecule has 38 heavy (non-hydrogen) atoms. The second-order valence-electron chi connectivity index (χ2n) is 11.0. The summed E-state index contributed by atoms with van der Waals surface area (Å²) in [6, 6.07) is 0. The molecule has 0 aromatic heterocycles. The molecule has 1 saturated carbocycles. The average molecular weight is 528 g/mol. The van der Waals surface area contributed by atoms with Gasteiger partial charge in [-0.05, 0) is 37.7 Å². The molecule has 0 aromatic carbocycles. The van der Waals surface area contributed by atoms with E-state index in [1.165, 1.54) is 14.0 Å². The minimum absolute atomic E-state index is 0.0162. The number of ketones is 1. The Morgan fingerprint density at radius 1 is 1.21 bits per heavy atom. The Bertz CT molecular complexity index is 1160. The van der Waals surface area contributed by atoms with Crippen molar-refractivity contribution in [2.24, 2.45) is 16.7 Å². The molecule has 6 atom stereocenters. The van der Waals surface area contributed by atoms with Crippen LogP contribution in [-0.4, -0.2) is 78.0 Å². The van der Waals surface area contributed by atoms with Crippen molar-refractivity contribution in [2.45, 2.75) is 58.3 Å². The van der Waals surface area contributed by atoms with Gasteiger partial charge in [0.1, 0.15) is 12.2 Å². The topological polar surface area (TPSA) is 123 Å². The molecule has 6 unspecified atom stereocenters. The fraction of sp³-hybridized carbons (Fsp3) is 0.552. The quantitative estimate of drug-likeness (QED) is 0.279. The van der Waals surface area contributed by atoms with E-state index in [-0.39, 0.29) is 23.7 Å². The first kappa shape index (κ1) is 27.9. The number of aliphatic hydroxyl groups is 2. The highest BCUT2D eigenvalue weighted by Crippen LogP contribution is 2.63. The van der Waals surface area contributed by atoms with Gasteiger partial charge in [0.25, 0.3) is 0 Å². The molecule has 4 aliphatic rings. The highest BCUT2D eigenvalue weighted by Gasteiger charge is 2.64. The Morgan fingerprint density at radius 2 is 1.87 bits per heavy atom. The molecule has 0 radical (unpaired) electrons. The Hall–Kier alpha value is -3.17. The van der Waals surface area contributed by atoms with Gasteiger partial charge in [0, 0.05) is 49.9 Å². The number of fused-ring (bicyclic) bond motifs is 4. The summed E-state index contributed by atoms with van der Waals surface area (Å²) in [5.41, 5.74) is -0.987. The zero-order valence-corrected chi connectivity index (χ0v) is 22.5. The number of carbonyl (C=O) groups excluding carboxylic acids is 3. The van der Waals surface area contributed by atoms with Crippen LogP contribution in [0.15, 0.2) is 59.6 Å². The van der Waals surface area contributed by atoms with Crippen molar-refractivity contribution >= 4 is 17.7 Å². The fourth-order valence-electron chi connectivity index (χ4n) is 6.97. The van der Waals surface area contributed by atoms with Gasteiger partial charge in [-0.15, -0.1) is 13.2 Å². The van der Waals surface area contributed by atoms with Crippen molar-refractivity contribution in [3.8, 4) is 0 Å². The molecule has 2 fully saturated rings. The second-order valence-corrected chi connectivity index (χ2v) is 11.0. The highest BCUT2D eigenvalue weighted by molar-refractivity contribution is 6.13. The van der Waals surface area contributed by atoms with Gasteiger partial charge in [-0.25, -0.2) is 4.79 Å². The van der Waals surface area contributed by atoms with Crippen LogP contribution in [-0.2, 0) is 28.6 Å². The van der Waals surface area contributed by atoms with Crippen LogP contribution in [0.2, 0.25) is 0 Å².